The number of nitriles is 1. The van der Waals surface area contributed by atoms with E-state index in [2.05, 4.69) is 30.3 Å². The van der Waals surface area contributed by atoms with Crippen LogP contribution in [0.1, 0.15) is 18.9 Å². The molecule has 1 aliphatic rings. The predicted octanol–water partition coefficient (Wildman–Crippen LogP) is 2.06. The highest BCUT2D eigenvalue weighted by atomic mass is 15.2. The third-order valence-electron chi connectivity index (χ3n) is 3.25. The molecule has 0 bridgehead atoms. The lowest BCUT2D eigenvalue weighted by molar-refractivity contribution is 0.330. The fourth-order valence-corrected chi connectivity index (χ4v) is 2.21. The molecule has 0 amide bonds. The molecule has 0 aromatic heterocycles. The van der Waals surface area contributed by atoms with E-state index in [0.717, 1.165) is 18.7 Å². The quantitative estimate of drug-likeness (QED) is 0.820. The minimum Gasteiger partial charge on any atom is -0.381 e. The van der Waals surface area contributed by atoms with Crippen LogP contribution in [0.5, 0.6) is 0 Å². The Morgan fingerprint density at radius 1 is 1.50 bits per heavy atom. The lowest BCUT2D eigenvalue weighted by Crippen LogP contribution is -2.24. The molecule has 1 aromatic rings. The number of hydrogen-bond donors (Lipinski definition) is 1. The highest BCUT2D eigenvalue weighted by Crippen LogP contribution is 2.20. The lowest BCUT2D eigenvalue weighted by Gasteiger charge is -2.14. The molecule has 16 heavy (non-hydrogen) atoms. The molecule has 1 heterocycles. The molecule has 1 N–H and O–H groups in total. The van der Waals surface area contributed by atoms with E-state index in [-0.39, 0.29) is 0 Å². The summed E-state index contributed by atoms with van der Waals surface area (Å²) >= 11 is 0. The van der Waals surface area contributed by atoms with E-state index >= 15 is 0 Å². The molecule has 0 saturated carbocycles. The van der Waals surface area contributed by atoms with Gasteiger partial charge in [-0.2, -0.15) is 5.26 Å². The smallest absolute Gasteiger partial charge is 0.0992 e. The Bertz CT molecular complexity index is 398. The Hall–Kier alpha value is -1.53. The summed E-state index contributed by atoms with van der Waals surface area (Å²) < 4.78 is 0. The highest BCUT2D eigenvalue weighted by Gasteiger charge is 2.25. The summed E-state index contributed by atoms with van der Waals surface area (Å²) in [7, 11) is 2.15. The number of likely N-dealkylation sites (tertiary alicyclic amines) is 1. The third-order valence-corrected chi connectivity index (χ3v) is 3.25. The molecule has 3 nitrogen and oxygen atoms in total. The second-order valence-electron chi connectivity index (χ2n) is 4.56. The standard InChI is InChI=1S/C13H17N3/c1-10-6-13(9-16(10)2)15-12-5-3-4-11(7-12)8-14/h3-5,7,10,13,15H,6,9H2,1-2H3. The van der Waals surface area contributed by atoms with E-state index in [0.29, 0.717) is 17.6 Å². The van der Waals surface area contributed by atoms with Crippen molar-refractivity contribution in [1.29, 1.82) is 5.26 Å². The van der Waals surface area contributed by atoms with Crippen molar-refractivity contribution in [2.75, 3.05) is 18.9 Å². The first-order chi connectivity index (χ1) is 7.69. The summed E-state index contributed by atoms with van der Waals surface area (Å²) in [5.74, 6) is 0. The average Bonchev–Trinajstić information content (AvgIpc) is 2.58. The molecule has 1 saturated heterocycles. The van der Waals surface area contributed by atoms with Crippen molar-refractivity contribution in [3.8, 4) is 6.07 Å². The minimum atomic E-state index is 0.494. The van der Waals surface area contributed by atoms with Gasteiger partial charge in [-0.05, 0) is 38.6 Å². The SMILES string of the molecule is CC1CC(Nc2cccc(C#N)c2)CN1C. The second kappa shape index (κ2) is 4.54. The normalized spacial score (nSPS) is 25.3. The Balaban J connectivity index is 2.02. The summed E-state index contributed by atoms with van der Waals surface area (Å²) in [5.41, 5.74) is 1.76. The molecular weight excluding hydrogens is 198 g/mol. The van der Waals surface area contributed by atoms with Crippen LogP contribution in [0.25, 0.3) is 0 Å². The monoisotopic (exact) mass is 215 g/mol. The van der Waals surface area contributed by atoms with Gasteiger partial charge in [0.2, 0.25) is 0 Å². The van der Waals surface area contributed by atoms with Crippen LogP contribution in [0.15, 0.2) is 24.3 Å². The molecule has 84 valence electrons. The van der Waals surface area contributed by atoms with Crippen molar-refractivity contribution in [3.63, 3.8) is 0 Å². The van der Waals surface area contributed by atoms with Crippen LogP contribution in [0.4, 0.5) is 5.69 Å². The van der Waals surface area contributed by atoms with E-state index in [1.807, 2.05) is 24.3 Å². The van der Waals surface area contributed by atoms with Crippen LogP contribution in [0.3, 0.4) is 0 Å². The zero-order chi connectivity index (χ0) is 11.5. The predicted molar refractivity (Wildman–Crippen MR) is 65.3 cm³/mol. The van der Waals surface area contributed by atoms with Gasteiger partial charge >= 0.3 is 0 Å². The van der Waals surface area contributed by atoms with Crippen LogP contribution >= 0.6 is 0 Å². The number of nitrogens with zero attached hydrogens (tertiary/aromatic N) is 2. The van der Waals surface area contributed by atoms with Gasteiger partial charge in [-0.15, -0.1) is 0 Å². The van der Waals surface area contributed by atoms with Gasteiger partial charge in [0.05, 0.1) is 11.6 Å². The van der Waals surface area contributed by atoms with Gasteiger partial charge in [0, 0.05) is 24.3 Å². The number of nitrogens with one attached hydrogen (secondary N) is 1. The van der Waals surface area contributed by atoms with E-state index in [1.54, 1.807) is 0 Å². The number of benzene rings is 1. The minimum absolute atomic E-state index is 0.494. The zero-order valence-electron chi connectivity index (χ0n) is 9.77. The fraction of sp³-hybridized carbons (Fsp3) is 0.462. The summed E-state index contributed by atoms with van der Waals surface area (Å²) in [5, 5.41) is 12.3. The fourth-order valence-electron chi connectivity index (χ4n) is 2.21. The molecule has 3 heteroatoms. The average molecular weight is 215 g/mol. The van der Waals surface area contributed by atoms with Crippen molar-refractivity contribution in [3.05, 3.63) is 29.8 Å². The maximum absolute atomic E-state index is 8.82. The first kappa shape index (κ1) is 11.0. The van der Waals surface area contributed by atoms with E-state index < -0.39 is 0 Å². The Labute approximate surface area is 96.7 Å². The van der Waals surface area contributed by atoms with Crippen molar-refractivity contribution >= 4 is 5.69 Å². The zero-order valence-corrected chi connectivity index (χ0v) is 9.77. The molecule has 2 unspecified atom stereocenters. The van der Waals surface area contributed by atoms with Crippen LogP contribution in [0.2, 0.25) is 0 Å². The Morgan fingerprint density at radius 2 is 2.31 bits per heavy atom. The first-order valence-corrected chi connectivity index (χ1v) is 5.66. The maximum atomic E-state index is 8.82. The Morgan fingerprint density at radius 3 is 2.94 bits per heavy atom. The van der Waals surface area contributed by atoms with Gasteiger partial charge in [0.1, 0.15) is 0 Å². The summed E-state index contributed by atoms with van der Waals surface area (Å²) in [4.78, 5) is 2.35. The number of likely N-dealkylation sites (N-methyl/N-ethyl adjacent to an activating group) is 1. The summed E-state index contributed by atoms with van der Waals surface area (Å²) in [6.45, 7) is 3.31. The van der Waals surface area contributed by atoms with E-state index in [9.17, 15) is 0 Å². The van der Waals surface area contributed by atoms with Crippen molar-refractivity contribution in [2.24, 2.45) is 0 Å². The number of hydrogen-bond acceptors (Lipinski definition) is 3. The van der Waals surface area contributed by atoms with Gasteiger partial charge in [-0.25, -0.2) is 0 Å². The topological polar surface area (TPSA) is 39.1 Å². The van der Waals surface area contributed by atoms with Crippen LogP contribution in [-0.2, 0) is 0 Å². The van der Waals surface area contributed by atoms with Gasteiger partial charge in [-0.3, -0.25) is 0 Å². The largest absolute Gasteiger partial charge is 0.381 e. The third kappa shape index (κ3) is 2.34. The molecule has 1 aromatic carbocycles. The number of rotatable bonds is 2. The molecule has 0 radical (unpaired) electrons. The number of anilines is 1. The molecular formula is C13H17N3. The van der Waals surface area contributed by atoms with Crippen LogP contribution < -0.4 is 5.32 Å². The first-order valence-electron chi connectivity index (χ1n) is 5.66. The molecule has 1 aliphatic heterocycles. The van der Waals surface area contributed by atoms with Gasteiger partial charge < -0.3 is 10.2 Å². The van der Waals surface area contributed by atoms with Crippen LogP contribution in [-0.4, -0.2) is 30.6 Å². The molecule has 0 aliphatic carbocycles. The Kier molecular flexibility index (Phi) is 3.12. The maximum Gasteiger partial charge on any atom is 0.0992 e. The summed E-state index contributed by atoms with van der Waals surface area (Å²) in [6.07, 6.45) is 1.16. The second-order valence-corrected chi connectivity index (χ2v) is 4.56. The van der Waals surface area contributed by atoms with Crippen molar-refractivity contribution < 1.29 is 0 Å². The van der Waals surface area contributed by atoms with Crippen LogP contribution in [0, 0.1) is 11.3 Å². The molecule has 2 atom stereocenters. The van der Waals surface area contributed by atoms with Crippen molar-refractivity contribution in [1.82, 2.24) is 4.90 Å². The van der Waals surface area contributed by atoms with Gasteiger partial charge in [0.15, 0.2) is 0 Å². The molecule has 1 fully saturated rings. The highest BCUT2D eigenvalue weighted by molar-refractivity contribution is 5.49. The molecule has 2 rings (SSSR count). The lowest BCUT2D eigenvalue weighted by atomic mass is 10.1. The van der Waals surface area contributed by atoms with Gasteiger partial charge in [0.25, 0.3) is 0 Å². The molecule has 0 spiro atoms. The van der Waals surface area contributed by atoms with E-state index in [4.69, 9.17) is 5.26 Å². The summed E-state index contributed by atoms with van der Waals surface area (Å²) in [6, 6.07) is 11.0. The van der Waals surface area contributed by atoms with E-state index in [1.165, 1.54) is 0 Å². The van der Waals surface area contributed by atoms with Gasteiger partial charge in [-0.1, -0.05) is 6.07 Å². The van der Waals surface area contributed by atoms with Crippen molar-refractivity contribution in [2.45, 2.75) is 25.4 Å².